The number of hydrogen-bond acceptors (Lipinski definition) is 3. The summed E-state index contributed by atoms with van der Waals surface area (Å²) < 4.78 is 0. The Labute approximate surface area is 94.4 Å². The van der Waals surface area contributed by atoms with Crippen LogP contribution < -0.4 is 0 Å². The maximum Gasteiger partial charge on any atom is 0.257 e. The Morgan fingerprint density at radius 3 is 2.56 bits per heavy atom. The van der Waals surface area contributed by atoms with Crippen LogP contribution in [0.5, 0.6) is 11.5 Å². The lowest BCUT2D eigenvalue weighted by Crippen LogP contribution is -2.28. The van der Waals surface area contributed by atoms with Crippen LogP contribution in [0, 0.1) is 0 Å². The Bertz CT molecular complexity index is 426. The van der Waals surface area contributed by atoms with E-state index in [0.717, 1.165) is 11.6 Å². The number of amides is 1. The van der Waals surface area contributed by atoms with E-state index in [2.05, 4.69) is 6.58 Å². The molecule has 2 N–H and O–H groups in total. The van der Waals surface area contributed by atoms with Crippen molar-refractivity contribution in [1.82, 2.24) is 4.90 Å². The van der Waals surface area contributed by atoms with Gasteiger partial charge in [0.15, 0.2) is 0 Å². The number of carbonyl (C=O) groups is 1. The summed E-state index contributed by atoms with van der Waals surface area (Å²) in [7, 11) is 1.63. The summed E-state index contributed by atoms with van der Waals surface area (Å²) in [5.41, 5.74) is 1.02. The monoisotopic (exact) mass is 221 g/mol. The van der Waals surface area contributed by atoms with Gasteiger partial charge < -0.3 is 15.1 Å². The first-order valence-corrected chi connectivity index (χ1v) is 4.83. The largest absolute Gasteiger partial charge is 0.508 e. The van der Waals surface area contributed by atoms with Gasteiger partial charge >= 0.3 is 0 Å². The molecule has 0 radical (unpaired) electrons. The van der Waals surface area contributed by atoms with Crippen LogP contribution in [0.3, 0.4) is 0 Å². The molecule has 0 atom stereocenters. The number of likely N-dealkylation sites (N-methyl/N-ethyl adjacent to an activating group) is 1. The van der Waals surface area contributed by atoms with Gasteiger partial charge in [-0.05, 0) is 19.1 Å². The van der Waals surface area contributed by atoms with E-state index < -0.39 is 0 Å². The lowest BCUT2D eigenvalue weighted by molar-refractivity contribution is 0.0804. The van der Waals surface area contributed by atoms with Gasteiger partial charge in [0.05, 0.1) is 5.56 Å². The summed E-state index contributed by atoms with van der Waals surface area (Å²) in [4.78, 5) is 13.3. The van der Waals surface area contributed by atoms with Crippen LogP contribution in [0.2, 0.25) is 0 Å². The first kappa shape index (κ1) is 12.1. The molecule has 0 saturated carbocycles. The molecule has 0 bridgehead atoms. The third kappa shape index (κ3) is 2.76. The van der Waals surface area contributed by atoms with E-state index in [1.54, 1.807) is 7.05 Å². The van der Waals surface area contributed by atoms with Gasteiger partial charge in [0.25, 0.3) is 5.91 Å². The van der Waals surface area contributed by atoms with Crippen molar-refractivity contribution < 1.29 is 15.0 Å². The van der Waals surface area contributed by atoms with Crippen molar-refractivity contribution in [3.05, 3.63) is 35.9 Å². The summed E-state index contributed by atoms with van der Waals surface area (Å²) in [6.07, 6.45) is 0. The van der Waals surface area contributed by atoms with E-state index in [-0.39, 0.29) is 23.0 Å². The Hall–Kier alpha value is -1.97. The second-order valence-electron chi connectivity index (χ2n) is 3.82. The van der Waals surface area contributed by atoms with Crippen LogP contribution in [0.4, 0.5) is 0 Å². The number of carbonyl (C=O) groups excluding carboxylic acids is 1. The second kappa shape index (κ2) is 4.70. The van der Waals surface area contributed by atoms with E-state index in [1.807, 2.05) is 6.92 Å². The normalized spacial score (nSPS) is 9.88. The highest BCUT2D eigenvalue weighted by atomic mass is 16.3. The first-order valence-electron chi connectivity index (χ1n) is 4.83. The highest BCUT2D eigenvalue weighted by molar-refractivity contribution is 5.97. The van der Waals surface area contributed by atoms with Gasteiger partial charge in [-0.2, -0.15) is 0 Å². The Morgan fingerprint density at radius 2 is 2.06 bits per heavy atom. The van der Waals surface area contributed by atoms with Gasteiger partial charge in [-0.3, -0.25) is 4.79 Å². The number of rotatable bonds is 3. The maximum atomic E-state index is 11.9. The quantitative estimate of drug-likeness (QED) is 0.764. The van der Waals surface area contributed by atoms with Crippen LogP contribution in [0.1, 0.15) is 17.3 Å². The molecule has 1 rings (SSSR count). The molecule has 0 aliphatic heterocycles. The van der Waals surface area contributed by atoms with Gasteiger partial charge in [-0.25, -0.2) is 0 Å². The van der Waals surface area contributed by atoms with Gasteiger partial charge in [0.2, 0.25) is 0 Å². The molecule has 4 nitrogen and oxygen atoms in total. The molecular formula is C12H15NO3. The van der Waals surface area contributed by atoms with Crippen LogP contribution >= 0.6 is 0 Å². The number of phenolic OH excluding ortho intramolecular Hbond substituents is 2. The molecule has 0 spiro atoms. The predicted molar refractivity (Wildman–Crippen MR) is 61.5 cm³/mol. The topological polar surface area (TPSA) is 60.8 Å². The minimum atomic E-state index is -0.305. The summed E-state index contributed by atoms with van der Waals surface area (Å²) in [6, 6.07) is 3.89. The molecule has 1 amide bonds. The van der Waals surface area contributed by atoms with Crippen molar-refractivity contribution in [3.8, 4) is 11.5 Å². The molecule has 1 aromatic rings. The molecule has 86 valence electrons. The molecule has 0 unspecified atom stereocenters. The molecular weight excluding hydrogens is 206 g/mol. The SMILES string of the molecule is C=C(C)CN(C)C(=O)c1ccc(O)cc1O. The Morgan fingerprint density at radius 1 is 1.44 bits per heavy atom. The zero-order chi connectivity index (χ0) is 12.3. The van der Waals surface area contributed by atoms with Crippen LogP contribution in [0.15, 0.2) is 30.4 Å². The Kier molecular flexibility index (Phi) is 3.55. The lowest BCUT2D eigenvalue weighted by atomic mass is 10.1. The average Bonchev–Trinajstić information content (AvgIpc) is 2.15. The standard InChI is InChI=1S/C12H15NO3/c1-8(2)7-13(3)12(16)10-5-4-9(14)6-11(10)15/h4-6,14-15H,1,7H2,2-3H3. The molecule has 0 aromatic heterocycles. The molecule has 0 saturated heterocycles. The van der Waals surface area contributed by atoms with Gasteiger partial charge in [0.1, 0.15) is 11.5 Å². The summed E-state index contributed by atoms with van der Waals surface area (Å²) in [6.45, 7) is 5.96. The number of hydrogen-bond donors (Lipinski definition) is 2. The number of nitrogens with zero attached hydrogens (tertiary/aromatic N) is 1. The molecule has 0 aliphatic carbocycles. The smallest absolute Gasteiger partial charge is 0.257 e. The first-order chi connectivity index (χ1) is 7.41. The van der Waals surface area contributed by atoms with Crippen molar-refractivity contribution in [2.75, 3.05) is 13.6 Å². The highest BCUT2D eigenvalue weighted by Gasteiger charge is 2.15. The average molecular weight is 221 g/mol. The van der Waals surface area contributed by atoms with Crippen molar-refractivity contribution in [2.45, 2.75) is 6.92 Å². The van der Waals surface area contributed by atoms with E-state index in [0.29, 0.717) is 6.54 Å². The van der Waals surface area contributed by atoms with Crippen LogP contribution in [-0.4, -0.2) is 34.6 Å². The number of phenols is 2. The van der Waals surface area contributed by atoms with Gasteiger partial charge in [-0.1, -0.05) is 12.2 Å². The maximum absolute atomic E-state index is 11.9. The van der Waals surface area contributed by atoms with E-state index >= 15 is 0 Å². The summed E-state index contributed by atoms with van der Waals surface area (Å²) >= 11 is 0. The number of aromatic hydroxyl groups is 2. The lowest BCUT2D eigenvalue weighted by Gasteiger charge is -2.17. The van der Waals surface area contributed by atoms with Crippen LogP contribution in [0.25, 0.3) is 0 Å². The highest BCUT2D eigenvalue weighted by Crippen LogP contribution is 2.23. The van der Waals surface area contributed by atoms with Gasteiger partial charge in [0, 0.05) is 19.7 Å². The van der Waals surface area contributed by atoms with Gasteiger partial charge in [-0.15, -0.1) is 0 Å². The molecule has 0 aliphatic rings. The fourth-order valence-electron chi connectivity index (χ4n) is 1.38. The fraction of sp³-hybridized carbons (Fsp3) is 0.250. The summed E-state index contributed by atoms with van der Waals surface area (Å²) in [5.74, 6) is -0.601. The second-order valence-corrected chi connectivity index (χ2v) is 3.82. The molecule has 0 heterocycles. The third-order valence-corrected chi connectivity index (χ3v) is 2.07. The summed E-state index contributed by atoms with van der Waals surface area (Å²) in [5, 5.41) is 18.6. The zero-order valence-corrected chi connectivity index (χ0v) is 9.40. The zero-order valence-electron chi connectivity index (χ0n) is 9.40. The van der Waals surface area contributed by atoms with E-state index in [4.69, 9.17) is 5.11 Å². The predicted octanol–water partition coefficient (Wildman–Crippen LogP) is 1.75. The van der Waals surface area contributed by atoms with Crippen LogP contribution in [-0.2, 0) is 0 Å². The molecule has 0 fully saturated rings. The van der Waals surface area contributed by atoms with Crippen molar-refractivity contribution >= 4 is 5.91 Å². The van der Waals surface area contributed by atoms with Crippen molar-refractivity contribution in [3.63, 3.8) is 0 Å². The van der Waals surface area contributed by atoms with Crippen molar-refractivity contribution in [1.29, 1.82) is 0 Å². The fourth-order valence-corrected chi connectivity index (χ4v) is 1.38. The van der Waals surface area contributed by atoms with E-state index in [1.165, 1.54) is 17.0 Å². The molecule has 16 heavy (non-hydrogen) atoms. The minimum Gasteiger partial charge on any atom is -0.508 e. The minimum absolute atomic E-state index is 0.0726. The Balaban J connectivity index is 2.92. The van der Waals surface area contributed by atoms with E-state index in [9.17, 15) is 9.90 Å². The molecule has 1 aromatic carbocycles. The third-order valence-electron chi connectivity index (χ3n) is 2.07. The van der Waals surface area contributed by atoms with Crippen molar-refractivity contribution in [2.24, 2.45) is 0 Å². The molecule has 4 heteroatoms. The number of benzene rings is 1.